The summed E-state index contributed by atoms with van der Waals surface area (Å²) in [4.78, 5) is 0. The van der Waals surface area contributed by atoms with Crippen molar-refractivity contribution < 1.29 is 5.11 Å². The number of rotatable bonds is 8. The molecule has 0 aromatic heterocycles. The van der Waals surface area contributed by atoms with E-state index < -0.39 is 0 Å². The number of aryl methyl sites for hydroxylation is 1. The Bertz CT molecular complexity index is 424. The van der Waals surface area contributed by atoms with E-state index >= 15 is 0 Å². The van der Waals surface area contributed by atoms with Crippen molar-refractivity contribution in [2.45, 2.75) is 59.0 Å². The molecule has 0 heterocycles. The Morgan fingerprint density at radius 3 is 2.50 bits per heavy atom. The van der Waals surface area contributed by atoms with Crippen molar-refractivity contribution in [2.24, 2.45) is 0 Å². The van der Waals surface area contributed by atoms with E-state index in [1.54, 1.807) is 0 Å². The Morgan fingerprint density at radius 1 is 1.15 bits per heavy atom. The van der Waals surface area contributed by atoms with E-state index in [0.717, 1.165) is 32.1 Å². The summed E-state index contributed by atoms with van der Waals surface area (Å²) >= 11 is 0. The van der Waals surface area contributed by atoms with Crippen LogP contribution >= 0.6 is 0 Å². The first-order valence-corrected chi connectivity index (χ1v) is 7.60. The summed E-state index contributed by atoms with van der Waals surface area (Å²) in [6.45, 7) is 6.36. The van der Waals surface area contributed by atoms with Gasteiger partial charge < -0.3 is 5.11 Å². The van der Waals surface area contributed by atoms with Crippen molar-refractivity contribution in [3.05, 3.63) is 59.2 Å². The molecular formula is C19H28O. The van der Waals surface area contributed by atoms with Crippen molar-refractivity contribution >= 4 is 0 Å². The van der Waals surface area contributed by atoms with E-state index in [9.17, 15) is 5.11 Å². The van der Waals surface area contributed by atoms with Crippen LogP contribution in [0.1, 0.15) is 52.0 Å². The lowest BCUT2D eigenvalue weighted by atomic mass is 10.0. The Hall–Kier alpha value is -1.34. The van der Waals surface area contributed by atoms with Crippen molar-refractivity contribution in [3.63, 3.8) is 0 Å². The molecule has 110 valence electrons. The van der Waals surface area contributed by atoms with Gasteiger partial charge in [0.05, 0.1) is 6.10 Å². The Kier molecular flexibility index (Phi) is 7.98. The second kappa shape index (κ2) is 9.55. The van der Waals surface area contributed by atoms with Crippen LogP contribution in [0, 0.1) is 0 Å². The van der Waals surface area contributed by atoms with E-state index in [1.165, 1.54) is 16.7 Å². The first kappa shape index (κ1) is 16.7. The van der Waals surface area contributed by atoms with Crippen LogP contribution in [0.3, 0.4) is 0 Å². The maximum atomic E-state index is 10.0. The lowest BCUT2D eigenvalue weighted by molar-refractivity contribution is 0.208. The molecule has 0 radical (unpaired) electrons. The van der Waals surface area contributed by atoms with Gasteiger partial charge in [-0.1, -0.05) is 53.6 Å². The second-order valence-corrected chi connectivity index (χ2v) is 5.78. The highest BCUT2D eigenvalue weighted by Crippen LogP contribution is 2.11. The van der Waals surface area contributed by atoms with E-state index in [0.29, 0.717) is 0 Å². The molecule has 0 fully saturated rings. The van der Waals surface area contributed by atoms with E-state index in [2.05, 4.69) is 51.1 Å². The normalized spacial score (nSPS) is 13.1. The average Bonchev–Trinajstić information content (AvgIpc) is 2.39. The number of hydrogen-bond donors (Lipinski definition) is 1. The molecule has 0 aliphatic carbocycles. The maximum absolute atomic E-state index is 10.0. The van der Waals surface area contributed by atoms with Crippen molar-refractivity contribution in [1.82, 2.24) is 0 Å². The van der Waals surface area contributed by atoms with Crippen LogP contribution < -0.4 is 0 Å². The van der Waals surface area contributed by atoms with Gasteiger partial charge in [0.1, 0.15) is 0 Å². The molecule has 0 bridgehead atoms. The fourth-order valence-electron chi connectivity index (χ4n) is 2.24. The van der Waals surface area contributed by atoms with E-state index in [4.69, 9.17) is 0 Å². The highest BCUT2D eigenvalue weighted by Gasteiger charge is 2.01. The van der Waals surface area contributed by atoms with Gasteiger partial charge >= 0.3 is 0 Å². The number of aliphatic hydroxyl groups is 1. The van der Waals surface area contributed by atoms with Gasteiger partial charge in [0, 0.05) is 0 Å². The van der Waals surface area contributed by atoms with Gasteiger partial charge in [-0.2, -0.15) is 0 Å². The third kappa shape index (κ3) is 7.96. The van der Waals surface area contributed by atoms with Gasteiger partial charge in [0.25, 0.3) is 0 Å². The largest absolute Gasteiger partial charge is 0.389 e. The summed E-state index contributed by atoms with van der Waals surface area (Å²) in [5, 5.41) is 10.0. The molecule has 1 N–H and O–H groups in total. The first-order chi connectivity index (χ1) is 9.58. The summed E-state index contributed by atoms with van der Waals surface area (Å²) in [7, 11) is 0. The predicted molar refractivity (Wildman–Crippen MR) is 87.8 cm³/mol. The molecule has 1 rings (SSSR count). The molecule has 0 saturated heterocycles. The average molecular weight is 272 g/mol. The van der Waals surface area contributed by atoms with Crippen LogP contribution in [-0.4, -0.2) is 11.2 Å². The van der Waals surface area contributed by atoms with Crippen LogP contribution in [0.4, 0.5) is 0 Å². The Morgan fingerprint density at radius 2 is 1.85 bits per heavy atom. The molecule has 0 aliphatic rings. The monoisotopic (exact) mass is 272 g/mol. The minimum Gasteiger partial charge on any atom is -0.389 e. The van der Waals surface area contributed by atoms with Crippen molar-refractivity contribution in [1.29, 1.82) is 0 Å². The standard InChI is InChI=1S/C19H28O/c1-16(2)9-7-10-17(3)15-19(20)14-8-13-18-11-5-4-6-12-18/h4-6,9,11-12,15,19-20H,7-8,10,13-14H2,1-3H3/b17-15+. The summed E-state index contributed by atoms with van der Waals surface area (Å²) in [5.74, 6) is 0. The second-order valence-electron chi connectivity index (χ2n) is 5.78. The predicted octanol–water partition coefficient (Wildman–Crippen LogP) is 5.06. The smallest absolute Gasteiger partial charge is 0.0723 e. The van der Waals surface area contributed by atoms with Gasteiger partial charge in [-0.05, 0) is 58.4 Å². The van der Waals surface area contributed by atoms with Gasteiger partial charge in [-0.25, -0.2) is 0 Å². The fraction of sp³-hybridized carbons (Fsp3) is 0.474. The molecule has 0 amide bonds. The topological polar surface area (TPSA) is 20.2 Å². The molecule has 1 aromatic rings. The quantitative estimate of drug-likeness (QED) is 0.656. The molecular weight excluding hydrogens is 244 g/mol. The molecule has 1 atom stereocenters. The molecule has 20 heavy (non-hydrogen) atoms. The zero-order chi connectivity index (χ0) is 14.8. The van der Waals surface area contributed by atoms with Crippen LogP contribution in [0.2, 0.25) is 0 Å². The van der Waals surface area contributed by atoms with Crippen molar-refractivity contribution in [3.8, 4) is 0 Å². The number of aliphatic hydroxyl groups excluding tert-OH is 1. The molecule has 0 saturated carbocycles. The van der Waals surface area contributed by atoms with Gasteiger partial charge in [0.15, 0.2) is 0 Å². The number of hydrogen-bond acceptors (Lipinski definition) is 1. The molecule has 1 unspecified atom stereocenters. The zero-order valence-electron chi connectivity index (χ0n) is 13.1. The van der Waals surface area contributed by atoms with E-state index in [1.807, 2.05) is 12.1 Å². The lowest BCUT2D eigenvalue weighted by Gasteiger charge is -2.08. The number of benzene rings is 1. The third-order valence-electron chi connectivity index (χ3n) is 3.38. The van der Waals surface area contributed by atoms with Crippen LogP contribution in [0.5, 0.6) is 0 Å². The van der Waals surface area contributed by atoms with E-state index in [-0.39, 0.29) is 6.10 Å². The third-order valence-corrected chi connectivity index (χ3v) is 3.38. The number of allylic oxidation sites excluding steroid dienone is 3. The highest BCUT2D eigenvalue weighted by atomic mass is 16.3. The molecule has 1 heteroatoms. The van der Waals surface area contributed by atoms with Gasteiger partial charge in [0.2, 0.25) is 0 Å². The fourth-order valence-corrected chi connectivity index (χ4v) is 2.24. The summed E-state index contributed by atoms with van der Waals surface area (Å²) in [6, 6.07) is 10.5. The zero-order valence-corrected chi connectivity index (χ0v) is 13.1. The highest BCUT2D eigenvalue weighted by molar-refractivity contribution is 5.14. The SMILES string of the molecule is CC(C)=CCC/C(C)=C/C(O)CCCc1ccccc1. The van der Waals surface area contributed by atoms with Crippen LogP contribution in [0.15, 0.2) is 53.6 Å². The molecule has 1 aromatic carbocycles. The molecule has 0 spiro atoms. The Balaban J connectivity index is 2.25. The van der Waals surface area contributed by atoms with Crippen molar-refractivity contribution in [2.75, 3.05) is 0 Å². The summed E-state index contributed by atoms with van der Waals surface area (Å²) < 4.78 is 0. The van der Waals surface area contributed by atoms with Crippen LogP contribution in [-0.2, 0) is 6.42 Å². The van der Waals surface area contributed by atoms with Gasteiger partial charge in [-0.15, -0.1) is 0 Å². The summed E-state index contributed by atoms with van der Waals surface area (Å²) in [6.07, 6.45) is 9.00. The summed E-state index contributed by atoms with van der Waals surface area (Å²) in [5.41, 5.74) is 4.00. The maximum Gasteiger partial charge on any atom is 0.0723 e. The lowest BCUT2D eigenvalue weighted by Crippen LogP contribution is -2.04. The molecule has 1 nitrogen and oxygen atoms in total. The minimum atomic E-state index is -0.301. The van der Waals surface area contributed by atoms with Crippen LogP contribution in [0.25, 0.3) is 0 Å². The molecule has 0 aliphatic heterocycles. The first-order valence-electron chi connectivity index (χ1n) is 7.60. The Labute approximate surface area is 124 Å². The minimum absolute atomic E-state index is 0.301. The van der Waals surface area contributed by atoms with Gasteiger partial charge in [-0.3, -0.25) is 0 Å².